The smallest absolute Gasteiger partial charge is 0.439 e. The molecule has 0 saturated heterocycles. The van der Waals surface area contributed by atoms with Crippen LogP contribution in [0.25, 0.3) is 11.3 Å². The maximum atomic E-state index is 13.5. The number of nitrogens with one attached hydrogen (secondary N) is 1. The normalized spacial score (nSPS) is 13.1. The minimum Gasteiger partial charge on any atom is -0.493 e. The lowest BCUT2D eigenvalue weighted by molar-refractivity contribution is -0.305. The molecule has 1 N–H and O–H groups in total. The van der Waals surface area contributed by atoms with E-state index in [1.54, 1.807) is 6.92 Å². The first-order valence-electron chi connectivity index (χ1n) is 7.55. The van der Waals surface area contributed by atoms with Crippen molar-refractivity contribution in [2.75, 3.05) is 13.7 Å². The van der Waals surface area contributed by atoms with Gasteiger partial charge in [0.25, 0.3) is 6.17 Å². The molecule has 13 heteroatoms. The van der Waals surface area contributed by atoms with Crippen molar-refractivity contribution in [3.63, 3.8) is 0 Å². The van der Waals surface area contributed by atoms with Gasteiger partial charge in [-0.25, -0.2) is 9.18 Å². The summed E-state index contributed by atoms with van der Waals surface area (Å²) in [6, 6.07) is 2.96. The molecule has 0 saturated carbocycles. The number of methoxy groups -OCH3 is 1. The van der Waals surface area contributed by atoms with Gasteiger partial charge >= 0.3 is 18.3 Å². The molecule has 0 amide bonds. The summed E-state index contributed by atoms with van der Waals surface area (Å²) in [6.45, 7) is 1.62. The van der Waals surface area contributed by atoms with Crippen LogP contribution in [-0.4, -0.2) is 53.6 Å². The highest BCUT2D eigenvalue weighted by Crippen LogP contribution is 2.40. The topological polar surface area (TPSA) is 86.3 Å². The Labute approximate surface area is 153 Å². The van der Waals surface area contributed by atoms with Crippen LogP contribution in [0.3, 0.4) is 0 Å². The van der Waals surface area contributed by atoms with E-state index in [2.05, 4.69) is 20.1 Å². The Morgan fingerprint density at radius 3 is 2.43 bits per heavy atom. The first-order valence-corrected chi connectivity index (χ1v) is 7.55. The van der Waals surface area contributed by atoms with Gasteiger partial charge in [0.1, 0.15) is 5.69 Å². The van der Waals surface area contributed by atoms with E-state index in [1.165, 1.54) is 0 Å². The Bertz CT molecular complexity index is 839. The average molecular weight is 413 g/mol. The number of nitrogens with zero attached hydrogens (tertiary/aromatic N) is 2. The molecule has 1 atom stereocenters. The zero-order valence-corrected chi connectivity index (χ0v) is 14.3. The third-order valence-electron chi connectivity index (χ3n) is 3.28. The number of alkyl halides is 6. The molecule has 0 radical (unpaired) electrons. The van der Waals surface area contributed by atoms with E-state index in [-0.39, 0.29) is 23.6 Å². The van der Waals surface area contributed by atoms with Gasteiger partial charge in [-0.1, -0.05) is 0 Å². The minimum absolute atomic E-state index is 0.0336. The van der Waals surface area contributed by atoms with Gasteiger partial charge in [-0.15, -0.1) is 5.10 Å². The van der Waals surface area contributed by atoms with Crippen LogP contribution in [0.5, 0.6) is 11.5 Å². The summed E-state index contributed by atoms with van der Waals surface area (Å²) in [5.41, 5.74) is -0.130. The van der Waals surface area contributed by atoms with Crippen molar-refractivity contribution in [2.24, 2.45) is 0 Å². The second kappa shape index (κ2) is 7.94. The number of ether oxygens (including phenoxy) is 3. The van der Waals surface area contributed by atoms with Gasteiger partial charge in [-0.05, 0) is 25.1 Å². The summed E-state index contributed by atoms with van der Waals surface area (Å²) in [4.78, 5) is 11.8. The van der Waals surface area contributed by atoms with Gasteiger partial charge in [0.2, 0.25) is 0 Å². The lowest BCUT2D eigenvalue weighted by Gasteiger charge is -2.24. The monoisotopic (exact) mass is 413 g/mol. The zero-order valence-electron chi connectivity index (χ0n) is 14.3. The van der Waals surface area contributed by atoms with E-state index in [0.29, 0.717) is 0 Å². The predicted octanol–water partition coefficient (Wildman–Crippen LogP) is 3.53. The number of H-pyrrole nitrogens is 1. The summed E-state index contributed by atoms with van der Waals surface area (Å²) in [7, 11) is 1.02. The van der Waals surface area contributed by atoms with Crippen LogP contribution in [0.2, 0.25) is 0 Å². The van der Waals surface area contributed by atoms with Gasteiger partial charge in [0, 0.05) is 5.56 Å². The van der Waals surface area contributed by atoms with Crippen molar-refractivity contribution in [3.8, 4) is 22.8 Å². The molecular weight excluding hydrogens is 400 g/mol. The second-order valence-electron chi connectivity index (χ2n) is 5.17. The number of hydrogen-bond acceptors (Lipinski definition) is 6. The molecule has 28 heavy (non-hydrogen) atoms. The van der Waals surface area contributed by atoms with Crippen LogP contribution in [0.15, 0.2) is 18.2 Å². The fourth-order valence-corrected chi connectivity index (χ4v) is 2.06. The lowest BCUT2D eigenvalue weighted by atomic mass is 10.1. The fourth-order valence-electron chi connectivity index (χ4n) is 2.06. The van der Waals surface area contributed by atoms with Crippen LogP contribution >= 0.6 is 0 Å². The van der Waals surface area contributed by atoms with Crippen LogP contribution in [-0.2, 0) is 4.74 Å². The number of aromatic amines is 1. The van der Waals surface area contributed by atoms with E-state index in [0.717, 1.165) is 25.3 Å². The molecule has 0 aliphatic heterocycles. The van der Waals surface area contributed by atoms with E-state index in [1.807, 2.05) is 0 Å². The molecule has 0 bridgehead atoms. The largest absolute Gasteiger partial charge is 0.493 e. The second-order valence-corrected chi connectivity index (χ2v) is 5.17. The summed E-state index contributed by atoms with van der Waals surface area (Å²) in [6.07, 6.45) is -15.6. The molecule has 1 heterocycles. The molecule has 2 aromatic rings. The van der Waals surface area contributed by atoms with Gasteiger partial charge in [0.15, 0.2) is 17.2 Å². The van der Waals surface area contributed by atoms with Crippen LogP contribution in [0.1, 0.15) is 17.4 Å². The van der Waals surface area contributed by atoms with E-state index in [4.69, 9.17) is 9.47 Å². The molecule has 0 aliphatic carbocycles. The molecule has 1 unspecified atom stereocenters. The highest BCUT2D eigenvalue weighted by molar-refractivity contribution is 5.94. The highest BCUT2D eigenvalue weighted by Gasteiger charge is 2.59. The maximum Gasteiger partial charge on any atom is 0.439 e. The Morgan fingerprint density at radius 1 is 1.18 bits per heavy atom. The fraction of sp³-hybridized carbons (Fsp3) is 0.400. The first-order chi connectivity index (χ1) is 13.0. The molecule has 1 aromatic carbocycles. The Hall–Kier alpha value is -2.99. The third kappa shape index (κ3) is 4.46. The molecule has 1 aromatic heterocycles. The minimum atomic E-state index is -5.83. The Kier molecular flexibility index (Phi) is 6.04. The highest BCUT2D eigenvalue weighted by atomic mass is 19.4. The molecule has 2 rings (SSSR count). The summed E-state index contributed by atoms with van der Waals surface area (Å²) >= 11 is 0. The van der Waals surface area contributed by atoms with Crippen molar-refractivity contribution in [3.05, 3.63) is 23.9 Å². The van der Waals surface area contributed by atoms with Crippen molar-refractivity contribution in [1.29, 1.82) is 0 Å². The number of benzene rings is 1. The Balaban J connectivity index is 2.36. The van der Waals surface area contributed by atoms with Crippen molar-refractivity contribution in [2.45, 2.75) is 25.4 Å². The molecular formula is C15H13F6N3O4. The number of carbonyl (C=O) groups is 1. The summed E-state index contributed by atoms with van der Waals surface area (Å²) in [5, 5.41) is 9.55. The SMILES string of the molecule is CCOC(=O)c1n[nH]nc1-c1ccc(OC(F)(F)C(F)C(F)(F)F)c(OC)c1. The van der Waals surface area contributed by atoms with Gasteiger partial charge in [-0.3, -0.25) is 0 Å². The quantitative estimate of drug-likeness (QED) is 0.552. The average Bonchev–Trinajstić information content (AvgIpc) is 3.10. The van der Waals surface area contributed by atoms with Crippen molar-refractivity contribution >= 4 is 5.97 Å². The zero-order chi connectivity index (χ0) is 21.1. The van der Waals surface area contributed by atoms with Crippen molar-refractivity contribution in [1.82, 2.24) is 15.4 Å². The van der Waals surface area contributed by atoms with Gasteiger partial charge in [-0.2, -0.15) is 32.3 Å². The lowest BCUT2D eigenvalue weighted by Crippen LogP contribution is -2.45. The van der Waals surface area contributed by atoms with E-state index in [9.17, 15) is 31.1 Å². The molecule has 0 aliphatic rings. The number of rotatable bonds is 7. The Morgan fingerprint density at radius 2 is 1.86 bits per heavy atom. The van der Waals surface area contributed by atoms with Crippen LogP contribution < -0.4 is 9.47 Å². The number of carbonyl (C=O) groups excluding carboxylic acids is 1. The first kappa shape index (κ1) is 21.3. The van der Waals surface area contributed by atoms with Crippen LogP contribution in [0, 0.1) is 0 Å². The van der Waals surface area contributed by atoms with Gasteiger partial charge in [0.05, 0.1) is 13.7 Å². The van der Waals surface area contributed by atoms with E-state index < -0.39 is 35.9 Å². The predicted molar refractivity (Wildman–Crippen MR) is 80.9 cm³/mol. The summed E-state index contributed by atoms with van der Waals surface area (Å²) in [5.74, 6) is -2.13. The number of halogens is 6. The van der Waals surface area contributed by atoms with Crippen LogP contribution in [0.4, 0.5) is 26.3 Å². The number of hydrogen-bond donors (Lipinski definition) is 1. The number of esters is 1. The molecule has 0 spiro atoms. The number of aromatic nitrogens is 3. The molecule has 154 valence electrons. The maximum absolute atomic E-state index is 13.5. The van der Waals surface area contributed by atoms with Crippen molar-refractivity contribution < 1.29 is 45.3 Å². The summed E-state index contributed by atoms with van der Waals surface area (Å²) < 4.78 is 90.2. The van der Waals surface area contributed by atoms with Gasteiger partial charge < -0.3 is 14.2 Å². The molecule has 7 nitrogen and oxygen atoms in total. The standard InChI is InChI=1S/C15H13F6N3O4/c1-3-27-12(25)11-10(22-24-23-11)7-4-5-8(9(6-7)26-2)28-15(20,21)13(16)14(17,18)19/h4-6,13H,3H2,1-2H3,(H,22,23,24). The third-order valence-corrected chi connectivity index (χ3v) is 3.28. The molecule has 0 fully saturated rings. The van der Waals surface area contributed by atoms with E-state index >= 15 is 0 Å².